The number of amidine groups is 1. The first kappa shape index (κ1) is 11.2. The number of hydrogen-bond acceptors (Lipinski definition) is 3. The van der Waals surface area contributed by atoms with Gasteiger partial charge in [-0.1, -0.05) is 6.92 Å². The molecule has 2 rings (SSSR count). The highest BCUT2D eigenvalue weighted by Crippen LogP contribution is 2.21. The molecule has 0 fully saturated rings. The van der Waals surface area contributed by atoms with Crippen LogP contribution in [0.15, 0.2) is 4.99 Å². The van der Waals surface area contributed by atoms with Crippen molar-refractivity contribution in [3.8, 4) is 0 Å². The van der Waals surface area contributed by atoms with Gasteiger partial charge in [0.2, 0.25) is 0 Å². The zero-order valence-corrected chi connectivity index (χ0v) is 10.4. The number of aromatic nitrogens is 2. The SMILES string of the molecule is CCCn1nc(C)c(NC2=NCCC2)c1C. The molecule has 0 amide bonds. The summed E-state index contributed by atoms with van der Waals surface area (Å²) in [5, 5.41) is 7.96. The van der Waals surface area contributed by atoms with Gasteiger partial charge in [-0.2, -0.15) is 5.10 Å². The molecule has 0 aromatic carbocycles. The van der Waals surface area contributed by atoms with Crippen LogP contribution in [0, 0.1) is 13.8 Å². The molecule has 0 radical (unpaired) electrons. The maximum atomic E-state index is 4.54. The molecular formula is C12H20N4. The minimum atomic E-state index is 0.962. The van der Waals surface area contributed by atoms with Gasteiger partial charge in [-0.05, 0) is 26.7 Å². The van der Waals surface area contributed by atoms with Gasteiger partial charge in [-0.3, -0.25) is 9.67 Å². The van der Waals surface area contributed by atoms with Crippen LogP contribution < -0.4 is 5.32 Å². The van der Waals surface area contributed by atoms with E-state index in [1.807, 2.05) is 0 Å². The van der Waals surface area contributed by atoms with E-state index in [0.717, 1.165) is 43.1 Å². The van der Waals surface area contributed by atoms with Gasteiger partial charge in [0.05, 0.1) is 17.1 Å². The fraction of sp³-hybridized carbons (Fsp3) is 0.667. The number of aliphatic imine (C=N–C) groups is 1. The monoisotopic (exact) mass is 220 g/mol. The quantitative estimate of drug-likeness (QED) is 0.850. The van der Waals surface area contributed by atoms with E-state index in [1.54, 1.807) is 0 Å². The van der Waals surface area contributed by atoms with Crippen molar-refractivity contribution in [3.63, 3.8) is 0 Å². The third-order valence-electron chi connectivity index (χ3n) is 2.96. The molecule has 0 spiro atoms. The summed E-state index contributed by atoms with van der Waals surface area (Å²) >= 11 is 0. The second kappa shape index (κ2) is 4.68. The molecule has 0 aliphatic carbocycles. The Labute approximate surface area is 96.8 Å². The summed E-state index contributed by atoms with van der Waals surface area (Å²) in [5.74, 6) is 1.11. The molecule has 16 heavy (non-hydrogen) atoms. The van der Waals surface area contributed by atoms with Gasteiger partial charge in [0, 0.05) is 19.5 Å². The number of rotatable bonds is 3. The molecule has 1 aliphatic rings. The number of anilines is 1. The average Bonchev–Trinajstić information content (AvgIpc) is 2.84. The van der Waals surface area contributed by atoms with E-state index in [9.17, 15) is 0 Å². The lowest BCUT2D eigenvalue weighted by Crippen LogP contribution is -2.10. The van der Waals surface area contributed by atoms with Crippen LogP contribution in [0.1, 0.15) is 37.6 Å². The summed E-state index contributed by atoms with van der Waals surface area (Å²) in [4.78, 5) is 4.44. The molecular weight excluding hydrogens is 200 g/mol. The Kier molecular flexibility index (Phi) is 3.27. The van der Waals surface area contributed by atoms with E-state index in [1.165, 1.54) is 12.1 Å². The van der Waals surface area contributed by atoms with Gasteiger partial charge in [-0.25, -0.2) is 0 Å². The molecule has 1 N–H and O–H groups in total. The van der Waals surface area contributed by atoms with Crippen molar-refractivity contribution in [2.24, 2.45) is 4.99 Å². The van der Waals surface area contributed by atoms with Crippen LogP contribution in [-0.2, 0) is 6.54 Å². The number of hydrogen-bond donors (Lipinski definition) is 1. The zero-order valence-electron chi connectivity index (χ0n) is 10.4. The van der Waals surface area contributed by atoms with E-state index in [4.69, 9.17) is 0 Å². The Morgan fingerprint density at radius 2 is 2.19 bits per heavy atom. The summed E-state index contributed by atoms with van der Waals surface area (Å²) in [7, 11) is 0. The van der Waals surface area contributed by atoms with Crippen LogP contribution in [0.3, 0.4) is 0 Å². The third-order valence-corrected chi connectivity index (χ3v) is 2.96. The van der Waals surface area contributed by atoms with Crippen LogP contribution >= 0.6 is 0 Å². The highest BCUT2D eigenvalue weighted by molar-refractivity contribution is 5.97. The lowest BCUT2D eigenvalue weighted by Gasteiger charge is -2.06. The summed E-state index contributed by atoms with van der Waals surface area (Å²) in [6.45, 7) is 8.29. The summed E-state index contributed by atoms with van der Waals surface area (Å²) in [6.07, 6.45) is 3.35. The topological polar surface area (TPSA) is 42.2 Å². The molecule has 2 heterocycles. The molecule has 0 atom stereocenters. The Bertz CT molecular complexity index is 403. The van der Waals surface area contributed by atoms with Crippen LogP contribution in [0.5, 0.6) is 0 Å². The van der Waals surface area contributed by atoms with Crippen LogP contribution in [-0.4, -0.2) is 22.2 Å². The normalized spacial score (nSPS) is 15.3. The summed E-state index contributed by atoms with van der Waals surface area (Å²) in [6, 6.07) is 0. The molecule has 0 bridgehead atoms. The van der Waals surface area contributed by atoms with Crippen molar-refractivity contribution in [2.75, 3.05) is 11.9 Å². The van der Waals surface area contributed by atoms with Gasteiger partial charge in [0.1, 0.15) is 5.84 Å². The molecule has 88 valence electrons. The molecule has 1 aliphatic heterocycles. The molecule has 0 saturated carbocycles. The highest BCUT2D eigenvalue weighted by Gasteiger charge is 2.14. The van der Waals surface area contributed by atoms with Crippen LogP contribution in [0.4, 0.5) is 5.69 Å². The van der Waals surface area contributed by atoms with Crippen molar-refractivity contribution < 1.29 is 0 Å². The Morgan fingerprint density at radius 1 is 1.38 bits per heavy atom. The number of aryl methyl sites for hydroxylation is 2. The van der Waals surface area contributed by atoms with E-state index < -0.39 is 0 Å². The molecule has 4 heteroatoms. The van der Waals surface area contributed by atoms with Gasteiger partial charge >= 0.3 is 0 Å². The van der Waals surface area contributed by atoms with Crippen molar-refractivity contribution in [2.45, 2.75) is 46.6 Å². The third kappa shape index (κ3) is 2.10. The Hall–Kier alpha value is -1.32. The molecule has 4 nitrogen and oxygen atoms in total. The van der Waals surface area contributed by atoms with Crippen molar-refractivity contribution in [1.29, 1.82) is 0 Å². The van der Waals surface area contributed by atoms with E-state index in [-0.39, 0.29) is 0 Å². The van der Waals surface area contributed by atoms with Gasteiger partial charge in [-0.15, -0.1) is 0 Å². The molecule has 1 aromatic heterocycles. The zero-order chi connectivity index (χ0) is 11.5. The highest BCUT2D eigenvalue weighted by atomic mass is 15.3. The molecule has 0 saturated heterocycles. The first-order chi connectivity index (χ1) is 7.72. The first-order valence-electron chi connectivity index (χ1n) is 6.06. The number of nitrogens with zero attached hydrogens (tertiary/aromatic N) is 3. The lowest BCUT2D eigenvalue weighted by atomic mass is 10.3. The van der Waals surface area contributed by atoms with Crippen molar-refractivity contribution in [3.05, 3.63) is 11.4 Å². The van der Waals surface area contributed by atoms with Crippen LogP contribution in [0.25, 0.3) is 0 Å². The first-order valence-corrected chi connectivity index (χ1v) is 6.06. The predicted molar refractivity (Wildman–Crippen MR) is 67.2 cm³/mol. The van der Waals surface area contributed by atoms with Crippen molar-refractivity contribution in [1.82, 2.24) is 9.78 Å². The second-order valence-corrected chi connectivity index (χ2v) is 4.33. The fourth-order valence-electron chi connectivity index (χ4n) is 2.09. The lowest BCUT2D eigenvalue weighted by molar-refractivity contribution is 0.583. The van der Waals surface area contributed by atoms with Crippen molar-refractivity contribution >= 4 is 11.5 Å². The smallest absolute Gasteiger partial charge is 0.101 e. The second-order valence-electron chi connectivity index (χ2n) is 4.33. The maximum Gasteiger partial charge on any atom is 0.101 e. The summed E-state index contributed by atoms with van der Waals surface area (Å²) in [5.41, 5.74) is 3.43. The fourth-order valence-corrected chi connectivity index (χ4v) is 2.09. The maximum absolute atomic E-state index is 4.54. The summed E-state index contributed by atoms with van der Waals surface area (Å²) < 4.78 is 2.08. The molecule has 1 aromatic rings. The minimum Gasteiger partial charge on any atom is -0.341 e. The predicted octanol–water partition coefficient (Wildman–Crippen LogP) is 2.51. The van der Waals surface area contributed by atoms with Gasteiger partial charge in [0.15, 0.2) is 0 Å². The minimum absolute atomic E-state index is 0.962. The van der Waals surface area contributed by atoms with Crippen LogP contribution in [0.2, 0.25) is 0 Å². The number of nitrogens with one attached hydrogen (secondary N) is 1. The van der Waals surface area contributed by atoms with E-state index >= 15 is 0 Å². The Morgan fingerprint density at radius 3 is 2.81 bits per heavy atom. The molecule has 0 unspecified atom stereocenters. The van der Waals surface area contributed by atoms with E-state index in [0.29, 0.717) is 0 Å². The largest absolute Gasteiger partial charge is 0.341 e. The van der Waals surface area contributed by atoms with Gasteiger partial charge < -0.3 is 5.32 Å². The van der Waals surface area contributed by atoms with Gasteiger partial charge in [0.25, 0.3) is 0 Å². The Balaban J connectivity index is 2.19. The van der Waals surface area contributed by atoms with E-state index in [2.05, 4.69) is 40.9 Å². The standard InChI is InChI=1S/C12H20N4/c1-4-8-16-10(3)12(9(2)15-16)14-11-6-5-7-13-11/h4-8H2,1-3H3,(H,13,14). The average molecular weight is 220 g/mol.